The van der Waals surface area contributed by atoms with Crippen LogP contribution in [0.3, 0.4) is 0 Å². The molecule has 4 heterocycles. The lowest BCUT2D eigenvalue weighted by molar-refractivity contribution is -0.137. The highest BCUT2D eigenvalue weighted by molar-refractivity contribution is 5.76. The van der Waals surface area contributed by atoms with Gasteiger partial charge in [-0.05, 0) is 30.7 Å². The number of nitrogens with zero attached hydrogens (tertiary/aromatic N) is 6. The van der Waals surface area contributed by atoms with Gasteiger partial charge in [0, 0.05) is 30.9 Å². The third-order valence-corrected chi connectivity index (χ3v) is 5.97. The third-order valence-electron chi connectivity index (χ3n) is 5.97. The van der Waals surface area contributed by atoms with Crippen LogP contribution in [0.5, 0.6) is 0 Å². The quantitative estimate of drug-likeness (QED) is 0.558. The maximum absolute atomic E-state index is 13.2. The largest absolute Gasteiger partial charge is 0.416 e. The third kappa shape index (κ3) is 4.06. The molecule has 180 valence electrons. The van der Waals surface area contributed by atoms with E-state index in [0.717, 1.165) is 23.4 Å². The highest BCUT2D eigenvalue weighted by Gasteiger charge is 2.33. The van der Waals surface area contributed by atoms with E-state index in [1.165, 1.54) is 6.07 Å². The molecule has 10 nitrogen and oxygen atoms in total. The molecule has 2 aliphatic rings. The van der Waals surface area contributed by atoms with Crippen LogP contribution in [0.25, 0.3) is 5.78 Å². The first-order valence-corrected chi connectivity index (χ1v) is 10.8. The Balaban J connectivity index is 1.44. The Bertz CT molecular complexity index is 1250. The summed E-state index contributed by atoms with van der Waals surface area (Å²) in [6, 6.07) is 3.34. The Hall–Kier alpha value is -3.61. The molecule has 1 aromatic carbocycles. The molecule has 34 heavy (non-hydrogen) atoms. The SMILES string of the molecule is Cc1nnc2nc(NCc3cc(N)cc(C(F)(F)F)c3)c3c(n12)CN(C(=O)N1CCOCC1)C3. The van der Waals surface area contributed by atoms with Crippen molar-refractivity contribution in [3.8, 4) is 0 Å². The maximum atomic E-state index is 13.2. The van der Waals surface area contributed by atoms with Crippen molar-refractivity contribution in [3.05, 3.63) is 46.4 Å². The molecular weight excluding hydrogens is 453 g/mol. The van der Waals surface area contributed by atoms with Crippen LogP contribution in [0.4, 0.5) is 29.5 Å². The van der Waals surface area contributed by atoms with E-state index in [2.05, 4.69) is 20.5 Å². The number of halogens is 3. The van der Waals surface area contributed by atoms with Crippen molar-refractivity contribution in [2.24, 2.45) is 0 Å². The van der Waals surface area contributed by atoms with Crippen molar-refractivity contribution in [1.82, 2.24) is 29.4 Å². The minimum Gasteiger partial charge on any atom is -0.399 e. The highest BCUT2D eigenvalue weighted by atomic mass is 19.4. The number of morpholine rings is 1. The monoisotopic (exact) mass is 476 g/mol. The van der Waals surface area contributed by atoms with Crippen molar-refractivity contribution < 1.29 is 22.7 Å². The summed E-state index contributed by atoms with van der Waals surface area (Å²) < 4.78 is 46.7. The number of aryl methyl sites for hydroxylation is 1. The van der Waals surface area contributed by atoms with Gasteiger partial charge in [-0.25, -0.2) is 4.79 Å². The molecule has 0 radical (unpaired) electrons. The number of anilines is 2. The minimum absolute atomic E-state index is 0.0237. The minimum atomic E-state index is -4.50. The Morgan fingerprint density at radius 1 is 1.15 bits per heavy atom. The normalized spacial score (nSPS) is 16.2. The molecule has 0 saturated carbocycles. The van der Waals surface area contributed by atoms with Gasteiger partial charge in [-0.2, -0.15) is 18.2 Å². The van der Waals surface area contributed by atoms with E-state index in [1.807, 2.05) is 0 Å². The smallest absolute Gasteiger partial charge is 0.399 e. The Morgan fingerprint density at radius 3 is 2.65 bits per heavy atom. The van der Waals surface area contributed by atoms with Crippen molar-refractivity contribution in [2.45, 2.75) is 32.7 Å². The van der Waals surface area contributed by atoms with E-state index in [1.54, 1.807) is 21.1 Å². The summed E-state index contributed by atoms with van der Waals surface area (Å²) in [5.41, 5.74) is 6.86. The number of benzene rings is 1. The summed E-state index contributed by atoms with van der Waals surface area (Å²) in [7, 11) is 0. The fourth-order valence-corrected chi connectivity index (χ4v) is 4.34. The lowest BCUT2D eigenvalue weighted by atomic mass is 10.1. The zero-order valence-electron chi connectivity index (χ0n) is 18.4. The number of amides is 2. The van der Waals surface area contributed by atoms with Gasteiger partial charge in [0.15, 0.2) is 0 Å². The molecule has 2 aromatic heterocycles. The van der Waals surface area contributed by atoms with Crippen LogP contribution < -0.4 is 11.1 Å². The first-order chi connectivity index (χ1) is 16.2. The topological polar surface area (TPSA) is 114 Å². The van der Waals surface area contributed by atoms with Gasteiger partial charge in [0.1, 0.15) is 11.6 Å². The Morgan fingerprint density at radius 2 is 1.91 bits per heavy atom. The summed E-state index contributed by atoms with van der Waals surface area (Å²) >= 11 is 0. The molecule has 1 fully saturated rings. The van der Waals surface area contributed by atoms with Crippen molar-refractivity contribution in [2.75, 3.05) is 37.4 Å². The molecule has 0 aliphatic carbocycles. The first kappa shape index (κ1) is 22.2. The van der Waals surface area contributed by atoms with E-state index >= 15 is 0 Å². The van der Waals surface area contributed by atoms with Crippen LogP contribution in [0.1, 0.15) is 28.2 Å². The molecule has 0 spiro atoms. The fourth-order valence-electron chi connectivity index (χ4n) is 4.34. The summed E-state index contributed by atoms with van der Waals surface area (Å²) in [6.45, 7) is 4.54. The van der Waals surface area contributed by atoms with Gasteiger partial charge >= 0.3 is 12.2 Å². The average molecular weight is 476 g/mol. The standard InChI is InChI=1S/C21H23F3N8O2/c1-12-28-29-19-27-18(26-9-13-6-14(21(22,23)24)8-15(25)7-13)16-10-31(11-17(16)32(12)19)20(33)30-2-4-34-5-3-30/h6-8H,2-5,9-11,25H2,1H3,(H,26,27,29). The van der Waals surface area contributed by atoms with Crippen LogP contribution in [-0.2, 0) is 30.5 Å². The van der Waals surface area contributed by atoms with Crippen LogP contribution in [0, 0.1) is 6.92 Å². The molecule has 13 heteroatoms. The zero-order chi connectivity index (χ0) is 24.0. The summed E-state index contributed by atoms with van der Waals surface area (Å²) in [5, 5.41) is 11.3. The molecule has 2 amide bonds. The number of alkyl halides is 3. The maximum Gasteiger partial charge on any atom is 0.416 e. The molecule has 0 atom stereocenters. The number of fused-ring (bicyclic) bond motifs is 3. The number of hydrogen-bond donors (Lipinski definition) is 2. The Labute approximate surface area is 192 Å². The summed E-state index contributed by atoms with van der Waals surface area (Å²) in [6.07, 6.45) is -4.50. The van der Waals surface area contributed by atoms with Crippen LogP contribution in [0.2, 0.25) is 0 Å². The van der Waals surface area contributed by atoms with E-state index < -0.39 is 11.7 Å². The lowest BCUT2D eigenvalue weighted by Crippen LogP contribution is -2.46. The molecule has 2 aliphatic heterocycles. The number of aromatic nitrogens is 4. The second kappa shape index (κ2) is 8.31. The number of ether oxygens (including phenoxy) is 1. The summed E-state index contributed by atoms with van der Waals surface area (Å²) in [4.78, 5) is 21.1. The molecular formula is C21H23F3N8O2. The number of nitrogen functional groups attached to an aromatic ring is 1. The number of hydrogen-bond acceptors (Lipinski definition) is 7. The van der Waals surface area contributed by atoms with E-state index in [0.29, 0.717) is 62.4 Å². The second-order valence-corrected chi connectivity index (χ2v) is 8.32. The summed E-state index contributed by atoms with van der Waals surface area (Å²) in [5.74, 6) is 1.43. The average Bonchev–Trinajstić information content (AvgIpc) is 3.40. The predicted octanol–water partition coefficient (Wildman–Crippen LogP) is 2.41. The number of carbonyl (C=O) groups excluding carboxylic acids is 1. The van der Waals surface area contributed by atoms with Gasteiger partial charge in [-0.3, -0.25) is 4.40 Å². The van der Waals surface area contributed by atoms with Gasteiger partial charge in [0.2, 0.25) is 0 Å². The zero-order valence-corrected chi connectivity index (χ0v) is 18.4. The van der Waals surface area contributed by atoms with Crippen LogP contribution in [0.15, 0.2) is 18.2 Å². The van der Waals surface area contributed by atoms with Crippen LogP contribution in [-0.4, -0.2) is 61.7 Å². The van der Waals surface area contributed by atoms with Gasteiger partial charge in [-0.15, -0.1) is 10.2 Å². The van der Waals surface area contributed by atoms with Gasteiger partial charge < -0.3 is 25.6 Å². The predicted molar refractivity (Wildman–Crippen MR) is 116 cm³/mol. The Kier molecular flexibility index (Phi) is 5.42. The number of nitrogens with one attached hydrogen (secondary N) is 1. The molecule has 0 bridgehead atoms. The second-order valence-electron chi connectivity index (χ2n) is 8.32. The number of rotatable bonds is 3. The van der Waals surface area contributed by atoms with Crippen LogP contribution >= 0.6 is 0 Å². The van der Waals surface area contributed by atoms with E-state index in [9.17, 15) is 18.0 Å². The molecule has 3 N–H and O–H groups in total. The first-order valence-electron chi connectivity index (χ1n) is 10.8. The highest BCUT2D eigenvalue weighted by Crippen LogP contribution is 2.33. The van der Waals surface area contributed by atoms with E-state index in [-0.39, 0.29) is 18.3 Å². The number of carbonyl (C=O) groups is 1. The number of urea groups is 1. The van der Waals surface area contributed by atoms with Crippen molar-refractivity contribution >= 4 is 23.3 Å². The molecule has 1 saturated heterocycles. The molecule has 5 rings (SSSR count). The van der Waals surface area contributed by atoms with Crippen molar-refractivity contribution in [3.63, 3.8) is 0 Å². The van der Waals surface area contributed by atoms with E-state index in [4.69, 9.17) is 10.5 Å². The van der Waals surface area contributed by atoms with Crippen molar-refractivity contribution in [1.29, 1.82) is 0 Å². The van der Waals surface area contributed by atoms with Gasteiger partial charge in [0.25, 0.3) is 5.78 Å². The molecule has 3 aromatic rings. The number of nitrogens with two attached hydrogens (primary N) is 1. The van der Waals surface area contributed by atoms with Gasteiger partial charge in [0.05, 0.1) is 37.6 Å². The van der Waals surface area contributed by atoms with Gasteiger partial charge in [-0.1, -0.05) is 0 Å². The fraction of sp³-hybridized carbons (Fsp3) is 0.429. The lowest BCUT2D eigenvalue weighted by Gasteiger charge is -2.30. The molecule has 0 unspecified atom stereocenters.